The lowest BCUT2D eigenvalue weighted by molar-refractivity contribution is -0.387. The number of nitro benzene ring substituents is 1. The molecule has 0 aliphatic carbocycles. The normalized spacial score (nSPS) is 9.80. The first-order valence-corrected chi connectivity index (χ1v) is 4.11. The lowest BCUT2D eigenvalue weighted by atomic mass is 10.2. The molecule has 1 aromatic carbocycles. The van der Waals surface area contributed by atoms with E-state index in [2.05, 4.69) is 0 Å². The van der Waals surface area contributed by atoms with Crippen molar-refractivity contribution in [3.8, 4) is 0 Å². The Kier molecular flexibility index (Phi) is 2.99. The molecule has 1 amide bonds. The van der Waals surface area contributed by atoms with E-state index in [1.165, 1.54) is 24.9 Å². The van der Waals surface area contributed by atoms with Gasteiger partial charge in [0, 0.05) is 31.8 Å². The SMILES string of the molecule is CC(=O)N(C)c1ccc([N+](=O)[O-])c(F)c1. The zero-order valence-corrected chi connectivity index (χ0v) is 8.23. The van der Waals surface area contributed by atoms with Crippen LogP contribution in [-0.4, -0.2) is 17.9 Å². The molecule has 15 heavy (non-hydrogen) atoms. The topological polar surface area (TPSA) is 63.5 Å². The van der Waals surface area contributed by atoms with Gasteiger partial charge in [0.15, 0.2) is 0 Å². The Balaban J connectivity index is 3.12. The molecule has 0 N–H and O–H groups in total. The van der Waals surface area contributed by atoms with E-state index in [1.807, 2.05) is 0 Å². The predicted octanol–water partition coefficient (Wildman–Crippen LogP) is 1.72. The van der Waals surface area contributed by atoms with Gasteiger partial charge in [-0.25, -0.2) is 0 Å². The first kappa shape index (κ1) is 11.1. The number of benzene rings is 1. The first-order chi connectivity index (χ1) is 6.93. The summed E-state index contributed by atoms with van der Waals surface area (Å²) >= 11 is 0. The van der Waals surface area contributed by atoms with Gasteiger partial charge in [0.25, 0.3) is 0 Å². The van der Waals surface area contributed by atoms with E-state index in [9.17, 15) is 19.3 Å². The molecular formula is C9H9FN2O3. The molecule has 80 valence electrons. The molecule has 0 saturated heterocycles. The van der Waals surface area contributed by atoms with E-state index < -0.39 is 16.4 Å². The summed E-state index contributed by atoms with van der Waals surface area (Å²) in [5.74, 6) is -1.23. The molecule has 1 rings (SSSR count). The number of hydrogen-bond acceptors (Lipinski definition) is 3. The van der Waals surface area contributed by atoms with Gasteiger partial charge in [-0.3, -0.25) is 14.9 Å². The van der Waals surface area contributed by atoms with Crippen LogP contribution in [0.4, 0.5) is 15.8 Å². The highest BCUT2D eigenvalue weighted by Gasteiger charge is 2.16. The van der Waals surface area contributed by atoms with E-state index in [-0.39, 0.29) is 11.6 Å². The fourth-order valence-electron chi connectivity index (χ4n) is 1.03. The van der Waals surface area contributed by atoms with Gasteiger partial charge in [-0.1, -0.05) is 0 Å². The molecule has 0 aromatic heterocycles. The second-order valence-corrected chi connectivity index (χ2v) is 2.97. The Morgan fingerprint density at radius 2 is 2.13 bits per heavy atom. The molecule has 0 aliphatic heterocycles. The highest BCUT2D eigenvalue weighted by molar-refractivity contribution is 5.90. The van der Waals surface area contributed by atoms with E-state index in [1.54, 1.807) is 0 Å². The van der Waals surface area contributed by atoms with Crippen molar-refractivity contribution in [2.24, 2.45) is 0 Å². The van der Waals surface area contributed by atoms with Crippen LogP contribution in [0.25, 0.3) is 0 Å². The minimum Gasteiger partial charge on any atom is -0.316 e. The Bertz CT molecular complexity index is 420. The number of carbonyl (C=O) groups is 1. The van der Waals surface area contributed by atoms with Gasteiger partial charge in [-0.2, -0.15) is 4.39 Å². The van der Waals surface area contributed by atoms with Crippen LogP contribution >= 0.6 is 0 Å². The molecule has 5 nitrogen and oxygen atoms in total. The third kappa shape index (κ3) is 2.28. The van der Waals surface area contributed by atoms with Crippen molar-refractivity contribution in [3.05, 3.63) is 34.1 Å². The second-order valence-electron chi connectivity index (χ2n) is 2.97. The molecule has 1 aromatic rings. The van der Waals surface area contributed by atoms with Crippen LogP contribution in [0.1, 0.15) is 6.92 Å². The number of hydrogen-bond donors (Lipinski definition) is 0. The number of nitro groups is 1. The summed E-state index contributed by atoms with van der Waals surface area (Å²) in [7, 11) is 1.46. The monoisotopic (exact) mass is 212 g/mol. The summed E-state index contributed by atoms with van der Waals surface area (Å²) in [5, 5.41) is 10.3. The van der Waals surface area contributed by atoms with Crippen molar-refractivity contribution >= 4 is 17.3 Å². The van der Waals surface area contributed by atoms with Gasteiger partial charge >= 0.3 is 5.69 Å². The molecule has 0 spiro atoms. The number of rotatable bonds is 2. The van der Waals surface area contributed by atoms with Crippen molar-refractivity contribution < 1.29 is 14.1 Å². The van der Waals surface area contributed by atoms with Crippen LogP contribution in [0.3, 0.4) is 0 Å². The molecule has 0 atom stereocenters. The molecule has 0 saturated carbocycles. The zero-order valence-electron chi connectivity index (χ0n) is 8.23. The minimum atomic E-state index is -0.953. The van der Waals surface area contributed by atoms with Crippen LogP contribution in [0.15, 0.2) is 18.2 Å². The van der Waals surface area contributed by atoms with E-state index in [4.69, 9.17) is 0 Å². The predicted molar refractivity (Wildman–Crippen MR) is 52.1 cm³/mol. The van der Waals surface area contributed by atoms with Crippen LogP contribution in [0, 0.1) is 15.9 Å². The number of carbonyl (C=O) groups excluding carboxylic acids is 1. The van der Waals surface area contributed by atoms with Gasteiger partial charge in [-0.05, 0) is 6.07 Å². The molecule has 0 fully saturated rings. The fraction of sp³-hybridized carbons (Fsp3) is 0.222. The summed E-state index contributed by atoms with van der Waals surface area (Å²) < 4.78 is 13.1. The van der Waals surface area contributed by atoms with Crippen LogP contribution in [-0.2, 0) is 4.79 Å². The van der Waals surface area contributed by atoms with E-state index in [0.29, 0.717) is 0 Å². The summed E-state index contributed by atoms with van der Waals surface area (Å²) in [4.78, 5) is 21.7. The Morgan fingerprint density at radius 3 is 2.53 bits per heavy atom. The van der Waals surface area contributed by atoms with Gasteiger partial charge in [-0.15, -0.1) is 0 Å². The van der Waals surface area contributed by atoms with Crippen molar-refractivity contribution in [3.63, 3.8) is 0 Å². The largest absolute Gasteiger partial charge is 0.316 e. The Labute approximate surface area is 85.3 Å². The van der Waals surface area contributed by atoms with Crippen molar-refractivity contribution in [1.82, 2.24) is 0 Å². The van der Waals surface area contributed by atoms with Crippen LogP contribution in [0.2, 0.25) is 0 Å². The average Bonchev–Trinajstić information content (AvgIpc) is 2.15. The van der Waals surface area contributed by atoms with Crippen molar-refractivity contribution in [1.29, 1.82) is 0 Å². The molecule has 0 bridgehead atoms. The Hall–Kier alpha value is -1.98. The maximum atomic E-state index is 13.1. The van der Waals surface area contributed by atoms with Gasteiger partial charge in [0.2, 0.25) is 11.7 Å². The summed E-state index contributed by atoms with van der Waals surface area (Å²) in [6, 6.07) is 3.31. The van der Waals surface area contributed by atoms with E-state index in [0.717, 1.165) is 12.1 Å². The number of anilines is 1. The molecule has 0 unspecified atom stereocenters. The highest BCUT2D eigenvalue weighted by Crippen LogP contribution is 2.22. The number of nitrogens with zero attached hydrogens (tertiary/aromatic N) is 2. The summed E-state index contributed by atoms with van der Waals surface area (Å²) in [6.45, 7) is 1.32. The van der Waals surface area contributed by atoms with Gasteiger partial charge < -0.3 is 4.90 Å². The highest BCUT2D eigenvalue weighted by atomic mass is 19.1. The fourth-order valence-corrected chi connectivity index (χ4v) is 1.03. The second kappa shape index (κ2) is 4.04. The lowest BCUT2D eigenvalue weighted by Gasteiger charge is -2.14. The van der Waals surface area contributed by atoms with Crippen LogP contribution in [0.5, 0.6) is 0 Å². The smallest absolute Gasteiger partial charge is 0.304 e. The maximum absolute atomic E-state index is 13.1. The number of halogens is 1. The zero-order chi connectivity index (χ0) is 11.6. The molecule has 0 aliphatic rings. The third-order valence-corrected chi connectivity index (χ3v) is 1.99. The quantitative estimate of drug-likeness (QED) is 0.553. The van der Waals surface area contributed by atoms with Gasteiger partial charge in [0.05, 0.1) is 4.92 Å². The maximum Gasteiger partial charge on any atom is 0.304 e. The van der Waals surface area contributed by atoms with Gasteiger partial charge in [0.1, 0.15) is 0 Å². The summed E-state index contributed by atoms with van der Waals surface area (Å²) in [6.07, 6.45) is 0. The molecule has 0 heterocycles. The van der Waals surface area contributed by atoms with E-state index >= 15 is 0 Å². The first-order valence-electron chi connectivity index (χ1n) is 4.11. The standard InChI is InChI=1S/C9H9FN2O3/c1-6(13)11(2)7-3-4-9(12(14)15)8(10)5-7/h3-5H,1-2H3. The number of amides is 1. The average molecular weight is 212 g/mol. The lowest BCUT2D eigenvalue weighted by Crippen LogP contribution is -2.22. The molecular weight excluding hydrogens is 203 g/mol. The Morgan fingerprint density at radius 1 is 1.53 bits per heavy atom. The minimum absolute atomic E-state index is 0.275. The summed E-state index contributed by atoms with van der Waals surface area (Å²) in [5.41, 5.74) is -0.318. The van der Waals surface area contributed by atoms with Crippen molar-refractivity contribution in [2.45, 2.75) is 6.92 Å². The molecule has 0 radical (unpaired) electrons. The van der Waals surface area contributed by atoms with Crippen LogP contribution < -0.4 is 4.90 Å². The molecule has 6 heteroatoms. The third-order valence-electron chi connectivity index (χ3n) is 1.99. The van der Waals surface area contributed by atoms with Crippen molar-refractivity contribution in [2.75, 3.05) is 11.9 Å².